The molecule has 1 aromatic carbocycles. The van der Waals surface area contributed by atoms with Gasteiger partial charge in [0, 0.05) is 37.8 Å². The molecular formula is C23H30Cl2N6O2S. The van der Waals surface area contributed by atoms with Crippen LogP contribution in [0, 0.1) is 0 Å². The number of nitrogens with zero attached hydrogens (tertiary/aromatic N) is 4. The third-order valence-electron chi connectivity index (χ3n) is 5.56. The molecule has 3 aromatic rings. The lowest BCUT2D eigenvalue weighted by Crippen LogP contribution is -2.47. The van der Waals surface area contributed by atoms with Crippen LogP contribution in [0.5, 0.6) is 0 Å². The number of H-pyrrole nitrogens is 1. The maximum absolute atomic E-state index is 12.7. The van der Waals surface area contributed by atoms with Crippen LogP contribution in [0.1, 0.15) is 25.3 Å². The van der Waals surface area contributed by atoms with Crippen LogP contribution in [-0.2, 0) is 4.79 Å². The van der Waals surface area contributed by atoms with E-state index in [4.69, 9.17) is 4.98 Å². The molecule has 1 saturated heterocycles. The second-order valence-electron chi connectivity index (χ2n) is 8.38. The van der Waals surface area contributed by atoms with E-state index in [1.54, 1.807) is 6.07 Å². The number of benzene rings is 1. The minimum atomic E-state index is -0.232. The Morgan fingerprint density at radius 3 is 2.44 bits per heavy atom. The normalized spacial score (nSPS) is 14.4. The number of carbonyl (C=O) groups excluding carboxylic acids is 1. The van der Waals surface area contributed by atoms with Gasteiger partial charge in [0.1, 0.15) is 5.69 Å². The molecule has 0 radical (unpaired) electrons. The number of rotatable bonds is 6. The lowest BCUT2D eigenvalue weighted by atomic mass is 10.00. The van der Waals surface area contributed by atoms with E-state index in [1.165, 1.54) is 11.3 Å². The van der Waals surface area contributed by atoms with Gasteiger partial charge in [0.15, 0.2) is 5.13 Å². The van der Waals surface area contributed by atoms with Crippen molar-refractivity contribution in [2.24, 2.45) is 0 Å². The number of amides is 1. The molecule has 0 unspecified atom stereocenters. The molecule has 0 spiro atoms. The number of aromatic nitrogens is 3. The zero-order chi connectivity index (χ0) is 22.7. The Kier molecular flexibility index (Phi) is 10.2. The van der Waals surface area contributed by atoms with Crippen molar-refractivity contribution in [2.45, 2.75) is 19.8 Å². The Morgan fingerprint density at radius 1 is 1.12 bits per heavy atom. The van der Waals surface area contributed by atoms with Crippen LogP contribution in [-0.4, -0.2) is 70.7 Å². The first-order chi connectivity index (χ1) is 15.4. The molecule has 11 heteroatoms. The molecule has 1 amide bonds. The summed E-state index contributed by atoms with van der Waals surface area (Å²) in [7, 11) is 2.09. The van der Waals surface area contributed by atoms with Gasteiger partial charge in [-0.2, -0.15) is 5.10 Å². The number of likely N-dealkylation sites (N-methyl/N-ethyl adjacent to an activating group) is 1. The summed E-state index contributed by atoms with van der Waals surface area (Å²) in [5, 5.41) is 10.4. The van der Waals surface area contributed by atoms with E-state index in [2.05, 4.69) is 32.4 Å². The fourth-order valence-electron chi connectivity index (χ4n) is 3.73. The van der Waals surface area contributed by atoms with Gasteiger partial charge in [-0.25, -0.2) is 10.1 Å². The van der Waals surface area contributed by atoms with Gasteiger partial charge in [-0.1, -0.05) is 55.5 Å². The Morgan fingerprint density at radius 2 is 1.79 bits per heavy atom. The minimum absolute atomic E-state index is 0. The predicted molar refractivity (Wildman–Crippen MR) is 143 cm³/mol. The van der Waals surface area contributed by atoms with Gasteiger partial charge < -0.3 is 10.2 Å². The average molecular weight is 526 g/mol. The van der Waals surface area contributed by atoms with Crippen molar-refractivity contribution < 1.29 is 4.79 Å². The third kappa shape index (κ3) is 6.64. The molecule has 4 rings (SSSR count). The van der Waals surface area contributed by atoms with E-state index in [-0.39, 0.29) is 42.2 Å². The highest BCUT2D eigenvalue weighted by Gasteiger charge is 2.22. The van der Waals surface area contributed by atoms with Gasteiger partial charge in [0.25, 0.3) is 5.56 Å². The van der Waals surface area contributed by atoms with Crippen LogP contribution in [0.15, 0.2) is 41.2 Å². The lowest BCUT2D eigenvalue weighted by Gasteiger charge is -2.31. The molecule has 0 bridgehead atoms. The molecule has 184 valence electrons. The third-order valence-corrected chi connectivity index (χ3v) is 6.54. The highest BCUT2D eigenvalue weighted by atomic mass is 35.5. The van der Waals surface area contributed by atoms with Gasteiger partial charge in [-0.15, -0.1) is 24.8 Å². The largest absolute Gasteiger partial charge is 0.304 e. The summed E-state index contributed by atoms with van der Waals surface area (Å²) in [4.78, 5) is 34.6. The van der Waals surface area contributed by atoms with Crippen LogP contribution < -0.4 is 10.9 Å². The molecular weight excluding hydrogens is 495 g/mol. The molecule has 34 heavy (non-hydrogen) atoms. The van der Waals surface area contributed by atoms with Gasteiger partial charge in [-0.05, 0) is 18.5 Å². The topological polar surface area (TPSA) is 94.2 Å². The fourth-order valence-corrected chi connectivity index (χ4v) is 4.75. The van der Waals surface area contributed by atoms with Crippen LogP contribution >= 0.6 is 36.2 Å². The Balaban J connectivity index is 0.00000204. The van der Waals surface area contributed by atoms with E-state index in [0.29, 0.717) is 17.4 Å². The summed E-state index contributed by atoms with van der Waals surface area (Å²) < 4.78 is 0. The second kappa shape index (κ2) is 12.4. The summed E-state index contributed by atoms with van der Waals surface area (Å²) in [6.07, 6.45) is 0. The van der Waals surface area contributed by atoms with Crippen molar-refractivity contribution in [1.82, 2.24) is 25.0 Å². The number of halogens is 2. The summed E-state index contributed by atoms with van der Waals surface area (Å²) in [6, 6.07) is 11.4. The van der Waals surface area contributed by atoms with E-state index in [0.717, 1.165) is 47.9 Å². The molecule has 0 atom stereocenters. The number of anilines is 1. The fraction of sp³-hybridized carbons (Fsp3) is 0.391. The first kappa shape index (κ1) is 27.9. The number of hydrogen-bond donors (Lipinski definition) is 2. The van der Waals surface area contributed by atoms with Gasteiger partial charge in [0.05, 0.1) is 17.1 Å². The van der Waals surface area contributed by atoms with Gasteiger partial charge >= 0.3 is 0 Å². The van der Waals surface area contributed by atoms with Gasteiger partial charge in [-0.3, -0.25) is 14.5 Å². The summed E-state index contributed by atoms with van der Waals surface area (Å²) >= 11 is 1.38. The van der Waals surface area contributed by atoms with E-state index in [1.807, 2.05) is 44.2 Å². The Labute approximate surface area is 215 Å². The highest BCUT2D eigenvalue weighted by molar-refractivity contribution is 7.19. The van der Waals surface area contributed by atoms with Crippen molar-refractivity contribution in [3.8, 4) is 21.8 Å². The zero-order valence-corrected chi connectivity index (χ0v) is 21.9. The molecule has 0 saturated carbocycles. The molecule has 1 aliphatic heterocycles. The van der Waals surface area contributed by atoms with E-state index >= 15 is 0 Å². The van der Waals surface area contributed by atoms with Crippen molar-refractivity contribution in [3.05, 3.63) is 52.3 Å². The van der Waals surface area contributed by atoms with Crippen LogP contribution in [0.3, 0.4) is 0 Å². The molecule has 2 N–H and O–H groups in total. The van der Waals surface area contributed by atoms with Crippen LogP contribution in [0.2, 0.25) is 0 Å². The van der Waals surface area contributed by atoms with Crippen molar-refractivity contribution in [2.75, 3.05) is 45.1 Å². The summed E-state index contributed by atoms with van der Waals surface area (Å²) in [5.41, 5.74) is 2.98. The summed E-state index contributed by atoms with van der Waals surface area (Å²) in [6.45, 7) is 8.08. The van der Waals surface area contributed by atoms with E-state index < -0.39 is 0 Å². The minimum Gasteiger partial charge on any atom is -0.304 e. The Bertz CT molecular complexity index is 1140. The molecule has 2 aromatic heterocycles. The number of thiazole rings is 1. The number of hydrogen-bond acceptors (Lipinski definition) is 7. The van der Waals surface area contributed by atoms with Gasteiger partial charge in [0.2, 0.25) is 5.91 Å². The molecule has 1 aliphatic rings. The van der Waals surface area contributed by atoms with Crippen LogP contribution in [0.25, 0.3) is 21.8 Å². The van der Waals surface area contributed by atoms with Crippen molar-refractivity contribution in [3.63, 3.8) is 0 Å². The maximum atomic E-state index is 12.7. The molecule has 0 aliphatic carbocycles. The first-order valence-corrected chi connectivity index (χ1v) is 11.6. The molecule has 8 nitrogen and oxygen atoms in total. The number of aromatic amines is 1. The lowest BCUT2D eigenvalue weighted by molar-refractivity contribution is -0.117. The van der Waals surface area contributed by atoms with Crippen molar-refractivity contribution >= 4 is 47.2 Å². The standard InChI is InChI=1S/C23H28N6O2S.2ClH/c1-15(2)17-13-18(30)26-27-21(17)22-20(16-7-5-4-6-8-16)25-23(32-22)24-19(31)14-29-11-9-28(3)10-12-29;;/h4-8,13,15H,9-12,14H2,1-3H3,(H,26,30)(H,24,25,31);2*1H. The Hall–Kier alpha value is -2.30. The number of piperazine rings is 1. The first-order valence-electron chi connectivity index (χ1n) is 10.8. The monoisotopic (exact) mass is 524 g/mol. The summed E-state index contributed by atoms with van der Waals surface area (Å²) in [5.74, 6) is 0.0359. The SMILES string of the molecule is CC(C)c1cc(=O)[nH]nc1-c1sc(NC(=O)CN2CCN(C)CC2)nc1-c1ccccc1.Cl.Cl. The predicted octanol–water partition coefficient (Wildman–Crippen LogP) is 3.71. The quantitative estimate of drug-likeness (QED) is 0.510. The number of nitrogens with one attached hydrogen (secondary N) is 2. The highest BCUT2D eigenvalue weighted by Crippen LogP contribution is 2.40. The second-order valence-corrected chi connectivity index (χ2v) is 9.38. The molecule has 1 fully saturated rings. The van der Waals surface area contributed by atoms with Crippen LogP contribution in [0.4, 0.5) is 5.13 Å². The average Bonchev–Trinajstić information content (AvgIpc) is 3.19. The smallest absolute Gasteiger partial charge is 0.264 e. The number of carbonyl (C=O) groups is 1. The van der Waals surface area contributed by atoms with Crippen molar-refractivity contribution in [1.29, 1.82) is 0 Å². The zero-order valence-electron chi connectivity index (χ0n) is 19.4. The maximum Gasteiger partial charge on any atom is 0.264 e. The van der Waals surface area contributed by atoms with E-state index in [9.17, 15) is 9.59 Å². The molecule has 3 heterocycles.